The number of nitrogens with zero attached hydrogens (tertiary/aromatic N) is 2. The minimum Gasteiger partial charge on any atom is -0.308 e. The molecule has 3 rings (SSSR count). The van der Waals surface area contributed by atoms with Crippen molar-refractivity contribution in [3.63, 3.8) is 0 Å². The predicted molar refractivity (Wildman–Crippen MR) is 87.2 cm³/mol. The molecule has 1 heterocycles. The fraction of sp³-hybridized carbons (Fsp3) is 0.833. The molecule has 1 N–H and O–H groups in total. The molecule has 118 valence electrons. The highest BCUT2D eigenvalue weighted by Gasteiger charge is 2.24. The van der Waals surface area contributed by atoms with Crippen LogP contribution >= 0.6 is 0 Å². The predicted octanol–water partition coefficient (Wildman–Crippen LogP) is 4.30. The molecule has 2 aliphatic carbocycles. The fourth-order valence-electron chi connectivity index (χ4n) is 4.00. The van der Waals surface area contributed by atoms with E-state index in [1.165, 1.54) is 57.1 Å². The number of aromatic nitrogens is 2. The molecule has 2 saturated carbocycles. The van der Waals surface area contributed by atoms with E-state index in [4.69, 9.17) is 5.10 Å². The highest BCUT2D eigenvalue weighted by atomic mass is 15.3. The van der Waals surface area contributed by atoms with E-state index in [-0.39, 0.29) is 0 Å². The van der Waals surface area contributed by atoms with E-state index in [0.29, 0.717) is 12.1 Å². The Balaban J connectivity index is 1.48. The molecule has 1 aromatic rings. The van der Waals surface area contributed by atoms with Gasteiger partial charge in [0.15, 0.2) is 0 Å². The smallest absolute Gasteiger partial charge is 0.0762 e. The van der Waals surface area contributed by atoms with Crippen LogP contribution < -0.4 is 5.32 Å². The van der Waals surface area contributed by atoms with Crippen LogP contribution in [0.2, 0.25) is 0 Å². The zero-order valence-electron chi connectivity index (χ0n) is 13.7. The van der Waals surface area contributed by atoms with Crippen molar-refractivity contribution in [3.8, 4) is 0 Å². The van der Waals surface area contributed by atoms with Crippen molar-refractivity contribution >= 4 is 0 Å². The summed E-state index contributed by atoms with van der Waals surface area (Å²) in [7, 11) is 0. The van der Waals surface area contributed by atoms with Crippen molar-refractivity contribution in [1.82, 2.24) is 15.1 Å². The lowest BCUT2D eigenvalue weighted by Gasteiger charge is -2.32. The second-order valence-corrected chi connectivity index (χ2v) is 7.42. The molecule has 21 heavy (non-hydrogen) atoms. The van der Waals surface area contributed by atoms with Crippen LogP contribution in [0, 0.1) is 11.8 Å². The zero-order chi connectivity index (χ0) is 14.7. The maximum Gasteiger partial charge on any atom is 0.0762 e. The molecule has 3 nitrogen and oxygen atoms in total. The van der Waals surface area contributed by atoms with E-state index in [1.54, 1.807) is 0 Å². The second kappa shape index (κ2) is 6.95. The maximum atomic E-state index is 4.81. The average Bonchev–Trinajstić information content (AvgIpc) is 2.98. The zero-order valence-corrected chi connectivity index (χ0v) is 13.7. The molecule has 0 aliphatic heterocycles. The van der Waals surface area contributed by atoms with Crippen molar-refractivity contribution in [2.24, 2.45) is 11.8 Å². The largest absolute Gasteiger partial charge is 0.308 e. The van der Waals surface area contributed by atoms with Crippen LogP contribution in [0.15, 0.2) is 12.3 Å². The van der Waals surface area contributed by atoms with E-state index in [2.05, 4.69) is 36.1 Å². The van der Waals surface area contributed by atoms with Crippen LogP contribution in [0.1, 0.15) is 76.9 Å². The van der Waals surface area contributed by atoms with Crippen LogP contribution in [0.25, 0.3) is 0 Å². The van der Waals surface area contributed by atoms with Crippen molar-refractivity contribution in [2.75, 3.05) is 0 Å². The summed E-state index contributed by atoms with van der Waals surface area (Å²) in [4.78, 5) is 0. The lowest BCUT2D eigenvalue weighted by molar-refractivity contribution is 0.225. The van der Waals surface area contributed by atoms with Gasteiger partial charge in [0.1, 0.15) is 0 Å². The Labute approximate surface area is 129 Å². The lowest BCUT2D eigenvalue weighted by atomic mass is 9.79. The van der Waals surface area contributed by atoms with Crippen molar-refractivity contribution in [1.29, 1.82) is 0 Å². The molecule has 2 aliphatic rings. The summed E-state index contributed by atoms with van der Waals surface area (Å²) < 4.78 is 2.22. The van der Waals surface area contributed by atoms with Crippen molar-refractivity contribution in [3.05, 3.63) is 18.0 Å². The van der Waals surface area contributed by atoms with E-state index in [1.807, 2.05) is 0 Å². The molecule has 0 radical (unpaired) electrons. The van der Waals surface area contributed by atoms with Crippen LogP contribution in [-0.2, 0) is 6.54 Å². The van der Waals surface area contributed by atoms with Gasteiger partial charge in [0.05, 0.1) is 11.7 Å². The second-order valence-electron chi connectivity index (χ2n) is 7.42. The molecule has 0 amide bonds. The molecule has 0 spiro atoms. The summed E-state index contributed by atoms with van der Waals surface area (Å²) in [6.07, 6.45) is 13.0. The quantitative estimate of drug-likeness (QED) is 0.895. The number of rotatable bonds is 4. The van der Waals surface area contributed by atoms with E-state index in [0.717, 1.165) is 18.4 Å². The first kappa shape index (κ1) is 15.1. The van der Waals surface area contributed by atoms with Gasteiger partial charge in [-0.25, -0.2) is 0 Å². The normalized spacial score (nSPS) is 31.4. The third kappa shape index (κ3) is 3.88. The van der Waals surface area contributed by atoms with Gasteiger partial charge in [0.2, 0.25) is 0 Å². The molecule has 3 atom stereocenters. The SMILES string of the molecule is CC1CCC(NCc2ccn(C3CCCCC3)n2)CC1C. The summed E-state index contributed by atoms with van der Waals surface area (Å²) in [5.74, 6) is 1.75. The van der Waals surface area contributed by atoms with E-state index < -0.39 is 0 Å². The molecule has 1 aromatic heterocycles. The highest BCUT2D eigenvalue weighted by molar-refractivity contribution is 5.00. The Morgan fingerprint density at radius 1 is 1.10 bits per heavy atom. The molecule has 0 bridgehead atoms. The first-order chi connectivity index (χ1) is 10.2. The third-order valence-electron chi connectivity index (χ3n) is 5.78. The molecule has 0 saturated heterocycles. The van der Waals surface area contributed by atoms with Crippen LogP contribution in [-0.4, -0.2) is 15.8 Å². The lowest BCUT2D eigenvalue weighted by Crippen LogP contribution is -2.35. The molecule has 0 aromatic carbocycles. The average molecular weight is 289 g/mol. The summed E-state index contributed by atoms with van der Waals surface area (Å²) >= 11 is 0. The van der Waals surface area contributed by atoms with Crippen LogP contribution in [0.4, 0.5) is 0 Å². The van der Waals surface area contributed by atoms with Gasteiger partial charge < -0.3 is 5.32 Å². The third-order valence-corrected chi connectivity index (χ3v) is 5.78. The van der Waals surface area contributed by atoms with Crippen LogP contribution in [0.3, 0.4) is 0 Å². The first-order valence-corrected chi connectivity index (χ1v) is 9.00. The van der Waals surface area contributed by atoms with Crippen molar-refractivity contribution < 1.29 is 0 Å². The van der Waals surface area contributed by atoms with Gasteiger partial charge in [0.25, 0.3) is 0 Å². The van der Waals surface area contributed by atoms with Crippen molar-refractivity contribution in [2.45, 2.75) is 83.8 Å². The monoisotopic (exact) mass is 289 g/mol. The first-order valence-electron chi connectivity index (χ1n) is 9.00. The van der Waals surface area contributed by atoms with Gasteiger partial charge in [-0.3, -0.25) is 4.68 Å². The Morgan fingerprint density at radius 3 is 2.67 bits per heavy atom. The van der Waals surface area contributed by atoms with Gasteiger partial charge >= 0.3 is 0 Å². The van der Waals surface area contributed by atoms with Gasteiger partial charge in [-0.15, -0.1) is 0 Å². The molecule has 3 unspecified atom stereocenters. The Morgan fingerprint density at radius 2 is 1.90 bits per heavy atom. The number of hydrogen-bond donors (Lipinski definition) is 1. The standard InChI is InChI=1S/C18H31N3/c1-14-8-9-16(12-15(14)2)19-13-17-10-11-21(20-17)18-6-4-3-5-7-18/h10-11,14-16,18-19H,3-9,12-13H2,1-2H3. The Bertz CT molecular complexity index is 433. The topological polar surface area (TPSA) is 29.9 Å². The minimum absolute atomic E-state index is 0.656. The van der Waals surface area contributed by atoms with Gasteiger partial charge in [-0.05, 0) is 50.0 Å². The van der Waals surface area contributed by atoms with Crippen LogP contribution in [0.5, 0.6) is 0 Å². The molecule has 3 heteroatoms. The highest BCUT2D eigenvalue weighted by Crippen LogP contribution is 2.30. The Kier molecular flexibility index (Phi) is 4.99. The summed E-state index contributed by atoms with van der Waals surface area (Å²) in [5.41, 5.74) is 1.21. The van der Waals surface area contributed by atoms with Gasteiger partial charge in [-0.1, -0.05) is 33.1 Å². The molecular formula is C18H31N3. The summed E-state index contributed by atoms with van der Waals surface area (Å²) in [6, 6.07) is 3.55. The minimum atomic E-state index is 0.656. The molecular weight excluding hydrogens is 258 g/mol. The maximum absolute atomic E-state index is 4.81. The van der Waals surface area contributed by atoms with E-state index in [9.17, 15) is 0 Å². The van der Waals surface area contributed by atoms with Gasteiger partial charge in [-0.2, -0.15) is 5.10 Å². The van der Waals surface area contributed by atoms with Gasteiger partial charge in [0, 0.05) is 18.8 Å². The summed E-state index contributed by atoms with van der Waals surface area (Å²) in [5, 5.41) is 8.54. The molecule has 2 fully saturated rings. The fourth-order valence-corrected chi connectivity index (χ4v) is 4.00. The number of hydrogen-bond acceptors (Lipinski definition) is 2. The van der Waals surface area contributed by atoms with E-state index >= 15 is 0 Å². The number of nitrogens with one attached hydrogen (secondary N) is 1. The Hall–Kier alpha value is -0.830. The summed E-state index contributed by atoms with van der Waals surface area (Å²) in [6.45, 7) is 5.73.